The molecule has 0 bridgehead atoms. The zero-order valence-electron chi connectivity index (χ0n) is 14.8. The van der Waals surface area contributed by atoms with Crippen molar-refractivity contribution in [1.82, 2.24) is 19.0 Å². The first kappa shape index (κ1) is 18.6. The molecule has 27 heavy (non-hydrogen) atoms. The third-order valence-electron chi connectivity index (χ3n) is 5.19. The summed E-state index contributed by atoms with van der Waals surface area (Å²) in [6.07, 6.45) is 4.70. The number of aromatic nitrogens is 2. The Morgan fingerprint density at radius 2 is 1.70 bits per heavy atom. The van der Waals surface area contributed by atoms with Gasteiger partial charge >= 0.3 is 0 Å². The molecule has 2 aliphatic heterocycles. The highest BCUT2D eigenvalue weighted by atomic mass is 79.9. The van der Waals surface area contributed by atoms with Crippen molar-refractivity contribution in [3.05, 3.63) is 46.2 Å². The summed E-state index contributed by atoms with van der Waals surface area (Å²) in [6.45, 7) is 2.24. The van der Waals surface area contributed by atoms with Crippen molar-refractivity contribution in [1.29, 1.82) is 0 Å². The zero-order valence-corrected chi connectivity index (χ0v) is 17.2. The molecule has 2 aliphatic rings. The molecule has 144 valence electrons. The molecule has 0 spiro atoms. The Kier molecular flexibility index (Phi) is 5.09. The molecular weight excluding hydrogens is 432 g/mol. The molecule has 0 aliphatic carbocycles. The number of halogens is 1. The molecule has 1 amide bonds. The van der Waals surface area contributed by atoms with E-state index in [1.54, 1.807) is 35.4 Å². The standard InChI is InChI=1S/C18H21BrN4O3S/c19-14-4-6-15(7-5-14)27(25,26)22-11-9-21(10-12-22)18(24)16-13-20-23-8-2-1-3-17(16)23/h4-7,13H,1-3,8-12H2. The van der Waals surface area contributed by atoms with Crippen molar-refractivity contribution in [2.45, 2.75) is 30.7 Å². The molecule has 2 aromatic rings. The van der Waals surface area contributed by atoms with E-state index in [4.69, 9.17) is 0 Å². The zero-order chi connectivity index (χ0) is 19.0. The van der Waals surface area contributed by atoms with Crippen LogP contribution < -0.4 is 0 Å². The van der Waals surface area contributed by atoms with E-state index in [2.05, 4.69) is 21.0 Å². The fourth-order valence-corrected chi connectivity index (χ4v) is 5.34. The van der Waals surface area contributed by atoms with Gasteiger partial charge in [0.25, 0.3) is 5.91 Å². The summed E-state index contributed by atoms with van der Waals surface area (Å²) in [5.74, 6) is -0.0427. The Morgan fingerprint density at radius 3 is 2.41 bits per heavy atom. The van der Waals surface area contributed by atoms with Gasteiger partial charge in [-0.25, -0.2) is 8.42 Å². The number of carbonyl (C=O) groups is 1. The summed E-state index contributed by atoms with van der Waals surface area (Å²) in [7, 11) is -3.54. The first-order chi connectivity index (χ1) is 13.0. The fraction of sp³-hybridized carbons (Fsp3) is 0.444. The first-order valence-corrected chi connectivity index (χ1v) is 11.3. The lowest BCUT2D eigenvalue weighted by molar-refractivity contribution is 0.0696. The van der Waals surface area contributed by atoms with Crippen LogP contribution in [0.3, 0.4) is 0 Å². The Morgan fingerprint density at radius 1 is 1.00 bits per heavy atom. The van der Waals surface area contributed by atoms with Crippen molar-refractivity contribution in [2.75, 3.05) is 26.2 Å². The summed E-state index contributed by atoms with van der Waals surface area (Å²) in [6, 6.07) is 6.62. The number of fused-ring (bicyclic) bond motifs is 1. The van der Waals surface area contributed by atoms with Crippen molar-refractivity contribution < 1.29 is 13.2 Å². The predicted octanol–water partition coefficient (Wildman–Crippen LogP) is 2.13. The van der Waals surface area contributed by atoms with Gasteiger partial charge in [-0.3, -0.25) is 9.48 Å². The van der Waals surface area contributed by atoms with Gasteiger partial charge in [-0.05, 0) is 43.5 Å². The monoisotopic (exact) mass is 452 g/mol. The molecule has 9 heteroatoms. The third-order valence-corrected chi connectivity index (χ3v) is 7.63. The molecular formula is C18H21BrN4O3S. The molecule has 1 aromatic carbocycles. The van der Waals surface area contributed by atoms with Gasteiger partial charge in [-0.2, -0.15) is 9.40 Å². The predicted molar refractivity (Wildman–Crippen MR) is 104 cm³/mol. The second-order valence-electron chi connectivity index (χ2n) is 6.84. The normalized spacial score (nSPS) is 18.3. The lowest BCUT2D eigenvalue weighted by atomic mass is 10.1. The molecule has 0 radical (unpaired) electrons. The minimum atomic E-state index is -3.54. The molecule has 0 atom stereocenters. The Labute approximate surface area is 167 Å². The highest BCUT2D eigenvalue weighted by Crippen LogP contribution is 2.23. The average molecular weight is 453 g/mol. The summed E-state index contributed by atoms with van der Waals surface area (Å²) < 4.78 is 29.8. The number of rotatable bonds is 3. The maximum absolute atomic E-state index is 12.9. The van der Waals surface area contributed by atoms with Gasteiger partial charge in [-0.15, -0.1) is 0 Å². The average Bonchev–Trinajstić information content (AvgIpc) is 3.12. The Balaban J connectivity index is 1.45. The number of carbonyl (C=O) groups excluding carboxylic acids is 1. The van der Waals surface area contributed by atoms with E-state index in [0.717, 1.165) is 36.0 Å². The maximum atomic E-state index is 12.9. The number of nitrogens with zero attached hydrogens (tertiary/aromatic N) is 4. The van der Waals surface area contributed by atoms with Crippen LogP contribution in [0, 0.1) is 0 Å². The van der Waals surface area contributed by atoms with E-state index in [9.17, 15) is 13.2 Å². The number of sulfonamides is 1. The van der Waals surface area contributed by atoms with Gasteiger partial charge in [0, 0.05) is 37.2 Å². The molecule has 4 rings (SSSR count). The summed E-state index contributed by atoms with van der Waals surface area (Å²) >= 11 is 3.32. The number of amides is 1. The molecule has 0 unspecified atom stereocenters. The van der Waals surface area contributed by atoms with Crippen LogP contribution in [-0.2, 0) is 23.0 Å². The second kappa shape index (κ2) is 7.37. The molecule has 1 saturated heterocycles. The van der Waals surface area contributed by atoms with Gasteiger partial charge in [-0.1, -0.05) is 15.9 Å². The van der Waals surface area contributed by atoms with Crippen LogP contribution >= 0.6 is 15.9 Å². The number of benzene rings is 1. The minimum Gasteiger partial charge on any atom is -0.336 e. The van der Waals surface area contributed by atoms with Crippen LogP contribution in [0.5, 0.6) is 0 Å². The lowest BCUT2D eigenvalue weighted by Crippen LogP contribution is -2.50. The quantitative estimate of drug-likeness (QED) is 0.714. The van der Waals surface area contributed by atoms with Gasteiger partial charge in [0.2, 0.25) is 10.0 Å². The molecule has 0 N–H and O–H groups in total. The van der Waals surface area contributed by atoms with Gasteiger partial charge in [0.05, 0.1) is 22.3 Å². The second-order valence-corrected chi connectivity index (χ2v) is 9.69. The Hall–Kier alpha value is -1.71. The highest BCUT2D eigenvalue weighted by Gasteiger charge is 2.32. The summed E-state index contributed by atoms with van der Waals surface area (Å²) in [5.41, 5.74) is 1.68. The van der Waals surface area contributed by atoms with E-state index in [-0.39, 0.29) is 10.8 Å². The smallest absolute Gasteiger partial charge is 0.257 e. The Bertz CT molecular complexity index is 947. The maximum Gasteiger partial charge on any atom is 0.257 e. The number of hydrogen-bond acceptors (Lipinski definition) is 4. The highest BCUT2D eigenvalue weighted by molar-refractivity contribution is 9.10. The van der Waals surface area contributed by atoms with Crippen molar-refractivity contribution in [3.63, 3.8) is 0 Å². The van der Waals surface area contributed by atoms with Crippen LogP contribution in [0.25, 0.3) is 0 Å². The van der Waals surface area contributed by atoms with Gasteiger partial charge in [0.1, 0.15) is 0 Å². The van der Waals surface area contributed by atoms with E-state index in [1.165, 1.54) is 4.31 Å². The number of piperazine rings is 1. The van der Waals surface area contributed by atoms with E-state index in [1.807, 2.05) is 4.68 Å². The van der Waals surface area contributed by atoms with Gasteiger partial charge in [0.15, 0.2) is 0 Å². The molecule has 1 fully saturated rings. The molecule has 7 nitrogen and oxygen atoms in total. The van der Waals surface area contributed by atoms with Crippen LogP contribution in [0.1, 0.15) is 28.9 Å². The SMILES string of the molecule is O=C(c1cnn2c1CCCC2)N1CCN(S(=O)(=O)c2ccc(Br)cc2)CC1. The first-order valence-electron chi connectivity index (χ1n) is 9.06. The summed E-state index contributed by atoms with van der Waals surface area (Å²) in [4.78, 5) is 14.9. The van der Waals surface area contributed by atoms with Crippen LogP contribution in [-0.4, -0.2) is 59.5 Å². The fourth-order valence-electron chi connectivity index (χ4n) is 3.66. The number of hydrogen-bond donors (Lipinski definition) is 0. The van der Waals surface area contributed by atoms with Crippen LogP contribution in [0.15, 0.2) is 39.8 Å². The van der Waals surface area contributed by atoms with Crippen molar-refractivity contribution in [2.24, 2.45) is 0 Å². The molecule has 3 heterocycles. The third kappa shape index (κ3) is 3.55. The van der Waals surface area contributed by atoms with Crippen molar-refractivity contribution in [3.8, 4) is 0 Å². The van der Waals surface area contributed by atoms with Crippen LogP contribution in [0.4, 0.5) is 0 Å². The molecule has 0 saturated carbocycles. The molecule has 1 aromatic heterocycles. The lowest BCUT2D eigenvalue weighted by Gasteiger charge is -2.34. The topological polar surface area (TPSA) is 75.5 Å². The van der Waals surface area contributed by atoms with E-state index >= 15 is 0 Å². The van der Waals surface area contributed by atoms with E-state index < -0.39 is 10.0 Å². The van der Waals surface area contributed by atoms with Crippen LogP contribution in [0.2, 0.25) is 0 Å². The summed E-state index contributed by atoms with van der Waals surface area (Å²) in [5, 5.41) is 4.33. The van der Waals surface area contributed by atoms with Gasteiger partial charge < -0.3 is 4.90 Å². The largest absolute Gasteiger partial charge is 0.336 e. The minimum absolute atomic E-state index is 0.0427. The van der Waals surface area contributed by atoms with Crippen molar-refractivity contribution >= 4 is 31.9 Å². The van der Waals surface area contributed by atoms with E-state index in [0.29, 0.717) is 31.7 Å². The number of aryl methyl sites for hydroxylation is 1.